The van der Waals surface area contributed by atoms with Crippen molar-refractivity contribution < 1.29 is 13.2 Å². The Morgan fingerprint density at radius 3 is 2.32 bits per heavy atom. The van der Waals surface area contributed by atoms with Crippen LogP contribution in [0.2, 0.25) is 0 Å². The summed E-state index contributed by atoms with van der Waals surface area (Å²) in [4.78, 5) is 3.36. The van der Waals surface area contributed by atoms with Gasteiger partial charge in [-0.15, -0.1) is 0 Å². The SMILES string of the molecule is C=C(N=C/C(=C\C)c1ccc(CBr)cc1)C(F)(F)F. The Hall–Kier alpha value is -1.36. The Morgan fingerprint density at radius 2 is 1.89 bits per heavy atom. The lowest BCUT2D eigenvalue weighted by Gasteiger charge is -2.06. The van der Waals surface area contributed by atoms with E-state index in [1.165, 1.54) is 6.21 Å². The summed E-state index contributed by atoms with van der Waals surface area (Å²) in [6.07, 6.45) is -1.61. The van der Waals surface area contributed by atoms with E-state index in [2.05, 4.69) is 27.5 Å². The molecule has 1 aromatic rings. The summed E-state index contributed by atoms with van der Waals surface area (Å²) < 4.78 is 36.8. The van der Waals surface area contributed by atoms with Crippen molar-refractivity contribution in [2.45, 2.75) is 18.4 Å². The molecule has 1 nitrogen and oxygen atoms in total. The number of nitrogens with zero attached hydrogens (tertiary/aromatic N) is 1. The molecule has 0 amide bonds. The normalized spacial score (nSPS) is 13.0. The van der Waals surface area contributed by atoms with E-state index in [0.717, 1.165) is 16.5 Å². The molecule has 5 heteroatoms. The van der Waals surface area contributed by atoms with E-state index in [0.29, 0.717) is 5.57 Å². The highest BCUT2D eigenvalue weighted by atomic mass is 79.9. The number of allylic oxidation sites excluding steroid dienone is 3. The first-order valence-corrected chi connectivity index (χ1v) is 6.62. The van der Waals surface area contributed by atoms with Crippen LogP contribution in [-0.4, -0.2) is 12.4 Å². The van der Waals surface area contributed by atoms with Crippen LogP contribution in [-0.2, 0) is 5.33 Å². The first-order chi connectivity index (χ1) is 8.88. The van der Waals surface area contributed by atoms with Crippen molar-refractivity contribution in [3.8, 4) is 0 Å². The lowest BCUT2D eigenvalue weighted by atomic mass is 10.1. The van der Waals surface area contributed by atoms with Crippen LogP contribution in [0.5, 0.6) is 0 Å². The number of aliphatic imine (C=N–C) groups is 1. The minimum atomic E-state index is -4.49. The summed E-state index contributed by atoms with van der Waals surface area (Å²) >= 11 is 3.33. The summed E-state index contributed by atoms with van der Waals surface area (Å²) in [6.45, 7) is 4.64. The molecule has 1 aromatic carbocycles. The van der Waals surface area contributed by atoms with Gasteiger partial charge in [0.2, 0.25) is 0 Å². The number of hydrogen-bond donors (Lipinski definition) is 0. The lowest BCUT2D eigenvalue weighted by molar-refractivity contribution is -0.0918. The fraction of sp³-hybridized carbons (Fsp3) is 0.214. The first-order valence-electron chi connectivity index (χ1n) is 5.50. The molecule has 0 fully saturated rings. The second-order valence-electron chi connectivity index (χ2n) is 3.78. The molecule has 0 heterocycles. The van der Waals surface area contributed by atoms with Crippen LogP contribution in [0.25, 0.3) is 5.57 Å². The molecule has 102 valence electrons. The summed E-state index contributed by atoms with van der Waals surface area (Å²) in [5.41, 5.74) is 1.41. The number of rotatable bonds is 4. The predicted molar refractivity (Wildman–Crippen MR) is 76.4 cm³/mol. The number of hydrogen-bond acceptors (Lipinski definition) is 1. The maximum absolute atomic E-state index is 12.3. The van der Waals surface area contributed by atoms with Crippen molar-refractivity contribution in [2.75, 3.05) is 0 Å². The molecule has 0 aliphatic heterocycles. The van der Waals surface area contributed by atoms with E-state index in [-0.39, 0.29) is 0 Å². The van der Waals surface area contributed by atoms with Crippen LogP contribution in [0.4, 0.5) is 13.2 Å². The fourth-order valence-corrected chi connectivity index (χ4v) is 1.70. The smallest absolute Gasteiger partial charge is 0.252 e. The monoisotopic (exact) mass is 331 g/mol. The third-order valence-electron chi connectivity index (χ3n) is 2.44. The van der Waals surface area contributed by atoms with Crippen LogP contribution in [0.3, 0.4) is 0 Å². The van der Waals surface area contributed by atoms with E-state index in [4.69, 9.17) is 0 Å². The van der Waals surface area contributed by atoms with Crippen LogP contribution in [0.15, 0.2) is 47.6 Å². The lowest BCUT2D eigenvalue weighted by Crippen LogP contribution is -2.08. The van der Waals surface area contributed by atoms with Gasteiger partial charge in [-0.25, -0.2) is 0 Å². The maximum atomic E-state index is 12.3. The maximum Gasteiger partial charge on any atom is 0.432 e. The number of halogens is 4. The molecular weight excluding hydrogens is 319 g/mol. The second kappa shape index (κ2) is 6.70. The zero-order valence-corrected chi connectivity index (χ0v) is 11.9. The molecule has 0 radical (unpaired) electrons. The molecule has 0 atom stereocenters. The third-order valence-corrected chi connectivity index (χ3v) is 3.09. The van der Waals surface area contributed by atoms with Gasteiger partial charge in [0.1, 0.15) is 5.70 Å². The van der Waals surface area contributed by atoms with Gasteiger partial charge in [0, 0.05) is 11.5 Å². The molecular formula is C14H13BrF3N. The van der Waals surface area contributed by atoms with Crippen molar-refractivity contribution in [3.63, 3.8) is 0 Å². The zero-order chi connectivity index (χ0) is 14.5. The molecule has 0 aliphatic carbocycles. The Balaban J connectivity index is 2.90. The van der Waals surface area contributed by atoms with E-state index in [9.17, 15) is 13.2 Å². The van der Waals surface area contributed by atoms with Crippen molar-refractivity contribution in [2.24, 2.45) is 4.99 Å². The van der Waals surface area contributed by atoms with Crippen molar-refractivity contribution in [1.82, 2.24) is 0 Å². The molecule has 1 rings (SSSR count). The van der Waals surface area contributed by atoms with E-state index in [1.807, 2.05) is 24.3 Å². The molecule has 0 aliphatic rings. The largest absolute Gasteiger partial charge is 0.432 e. The van der Waals surface area contributed by atoms with Gasteiger partial charge in [0.25, 0.3) is 0 Å². The zero-order valence-electron chi connectivity index (χ0n) is 10.3. The molecule has 0 aromatic heterocycles. The molecule has 0 saturated carbocycles. The van der Waals surface area contributed by atoms with Gasteiger partial charge in [0.15, 0.2) is 0 Å². The summed E-state index contributed by atoms with van der Waals surface area (Å²) in [5.74, 6) is 0. The van der Waals surface area contributed by atoms with Crippen LogP contribution in [0.1, 0.15) is 18.1 Å². The van der Waals surface area contributed by atoms with Gasteiger partial charge in [0.05, 0.1) is 0 Å². The molecule has 0 saturated heterocycles. The van der Waals surface area contributed by atoms with Crippen LogP contribution in [0, 0.1) is 0 Å². The van der Waals surface area contributed by atoms with Gasteiger partial charge < -0.3 is 0 Å². The Labute approximate surface area is 118 Å². The number of benzene rings is 1. The van der Waals surface area contributed by atoms with E-state index in [1.54, 1.807) is 13.0 Å². The highest BCUT2D eigenvalue weighted by Gasteiger charge is 2.31. The van der Waals surface area contributed by atoms with E-state index < -0.39 is 11.9 Å². The molecule has 0 bridgehead atoms. The van der Waals surface area contributed by atoms with Gasteiger partial charge in [-0.05, 0) is 23.6 Å². The highest BCUT2D eigenvalue weighted by molar-refractivity contribution is 9.08. The summed E-state index contributed by atoms with van der Waals surface area (Å²) in [6, 6.07) is 7.49. The van der Waals surface area contributed by atoms with Gasteiger partial charge >= 0.3 is 6.18 Å². The molecule has 19 heavy (non-hydrogen) atoms. The Kier molecular flexibility index (Phi) is 5.54. The topological polar surface area (TPSA) is 12.4 Å². The molecule has 0 unspecified atom stereocenters. The molecule has 0 spiro atoms. The summed E-state index contributed by atoms with van der Waals surface area (Å²) in [5, 5.41) is 0.734. The van der Waals surface area contributed by atoms with Crippen LogP contribution >= 0.6 is 15.9 Å². The minimum Gasteiger partial charge on any atom is -0.252 e. The first kappa shape index (κ1) is 15.7. The van der Waals surface area contributed by atoms with Crippen LogP contribution < -0.4 is 0 Å². The average molecular weight is 332 g/mol. The number of alkyl halides is 4. The fourth-order valence-electron chi connectivity index (χ4n) is 1.32. The highest BCUT2D eigenvalue weighted by Crippen LogP contribution is 2.25. The van der Waals surface area contributed by atoms with Crippen molar-refractivity contribution in [1.29, 1.82) is 0 Å². The van der Waals surface area contributed by atoms with E-state index >= 15 is 0 Å². The predicted octanol–water partition coefficient (Wildman–Crippen LogP) is 5.13. The van der Waals surface area contributed by atoms with Gasteiger partial charge in [-0.2, -0.15) is 13.2 Å². The average Bonchev–Trinajstić information content (AvgIpc) is 2.38. The third kappa shape index (κ3) is 4.67. The van der Waals surface area contributed by atoms with Crippen molar-refractivity contribution in [3.05, 3.63) is 53.7 Å². The quantitative estimate of drug-likeness (QED) is 0.535. The van der Waals surface area contributed by atoms with Crippen molar-refractivity contribution >= 4 is 27.7 Å². The minimum absolute atomic E-state index is 0.617. The Bertz CT molecular complexity index is 498. The Morgan fingerprint density at radius 1 is 1.32 bits per heavy atom. The van der Waals surface area contributed by atoms with Gasteiger partial charge in [-0.1, -0.05) is 52.9 Å². The standard InChI is InChI=1S/C14H13BrF3N/c1-3-12(9-19-10(2)14(16,17)18)13-6-4-11(8-15)5-7-13/h3-7,9H,2,8H2,1H3/b12-3+,19-9?. The summed E-state index contributed by atoms with van der Waals surface area (Å²) in [7, 11) is 0. The second-order valence-corrected chi connectivity index (χ2v) is 4.34. The molecule has 0 N–H and O–H groups in total. The van der Waals surface area contributed by atoms with Gasteiger partial charge in [-0.3, -0.25) is 4.99 Å².